The molecule has 1 aromatic heterocycles. The van der Waals surface area contributed by atoms with E-state index in [2.05, 4.69) is 50.0 Å². The lowest BCUT2D eigenvalue weighted by atomic mass is 10.1. The van der Waals surface area contributed by atoms with Crippen molar-refractivity contribution in [1.82, 2.24) is 10.3 Å². The van der Waals surface area contributed by atoms with E-state index >= 15 is 0 Å². The van der Waals surface area contributed by atoms with Gasteiger partial charge in [0.25, 0.3) is 0 Å². The second kappa shape index (κ2) is 7.07. The molecule has 0 saturated carbocycles. The van der Waals surface area contributed by atoms with Crippen LogP contribution in [0, 0.1) is 5.92 Å². The molecule has 2 atom stereocenters. The minimum absolute atomic E-state index is 0.610. The standard InChI is InChI=1S/C17H29N3/c1-5-16-9-8-14(4)20(16)17-15(7-6-10-19-17)12-18-11-13(2)3/h6-7,10,13-14,16,18H,5,8-9,11-12H2,1-4H3. The van der Waals surface area contributed by atoms with Crippen LogP contribution in [0.5, 0.6) is 0 Å². The quantitative estimate of drug-likeness (QED) is 0.860. The first-order valence-electron chi connectivity index (χ1n) is 8.06. The smallest absolute Gasteiger partial charge is 0.133 e. The first-order chi connectivity index (χ1) is 9.63. The van der Waals surface area contributed by atoms with Crippen molar-refractivity contribution in [1.29, 1.82) is 0 Å². The Balaban J connectivity index is 2.14. The number of hydrogen-bond donors (Lipinski definition) is 1. The summed E-state index contributed by atoms with van der Waals surface area (Å²) < 4.78 is 0. The van der Waals surface area contributed by atoms with Crippen LogP contribution in [0.3, 0.4) is 0 Å². The van der Waals surface area contributed by atoms with E-state index in [1.54, 1.807) is 0 Å². The molecule has 2 heterocycles. The normalized spacial score (nSPS) is 22.8. The Labute approximate surface area is 123 Å². The monoisotopic (exact) mass is 275 g/mol. The molecule has 1 saturated heterocycles. The molecule has 1 fully saturated rings. The summed E-state index contributed by atoms with van der Waals surface area (Å²) in [6.07, 6.45) is 5.72. The summed E-state index contributed by atoms with van der Waals surface area (Å²) in [6.45, 7) is 11.1. The zero-order chi connectivity index (χ0) is 14.5. The molecule has 1 aliphatic rings. The summed E-state index contributed by atoms with van der Waals surface area (Å²) in [7, 11) is 0. The van der Waals surface area contributed by atoms with Crippen LogP contribution in [0.15, 0.2) is 18.3 Å². The molecule has 2 rings (SSSR count). The van der Waals surface area contributed by atoms with Crippen LogP contribution in [-0.2, 0) is 6.54 Å². The second-order valence-electron chi connectivity index (χ2n) is 6.41. The predicted octanol–water partition coefficient (Wildman–Crippen LogP) is 3.59. The Morgan fingerprint density at radius 3 is 2.90 bits per heavy atom. The average Bonchev–Trinajstić information content (AvgIpc) is 2.80. The molecule has 0 radical (unpaired) electrons. The van der Waals surface area contributed by atoms with Gasteiger partial charge in [0.05, 0.1) is 0 Å². The molecule has 2 unspecified atom stereocenters. The summed E-state index contributed by atoms with van der Waals surface area (Å²) in [6, 6.07) is 5.54. The maximum Gasteiger partial charge on any atom is 0.133 e. The number of aromatic nitrogens is 1. The highest BCUT2D eigenvalue weighted by Gasteiger charge is 2.31. The van der Waals surface area contributed by atoms with Crippen molar-refractivity contribution in [2.75, 3.05) is 11.4 Å². The van der Waals surface area contributed by atoms with E-state index in [1.807, 2.05) is 6.20 Å². The van der Waals surface area contributed by atoms with Crippen LogP contribution in [-0.4, -0.2) is 23.6 Å². The fourth-order valence-electron chi connectivity index (χ4n) is 3.15. The Hall–Kier alpha value is -1.09. The van der Waals surface area contributed by atoms with Crippen molar-refractivity contribution < 1.29 is 0 Å². The number of hydrogen-bond acceptors (Lipinski definition) is 3. The molecule has 112 valence electrons. The van der Waals surface area contributed by atoms with E-state index in [0.29, 0.717) is 18.0 Å². The van der Waals surface area contributed by atoms with Crippen molar-refractivity contribution in [3.05, 3.63) is 23.9 Å². The topological polar surface area (TPSA) is 28.2 Å². The maximum absolute atomic E-state index is 4.69. The maximum atomic E-state index is 4.69. The number of nitrogens with one attached hydrogen (secondary N) is 1. The third-order valence-corrected chi connectivity index (χ3v) is 4.24. The third-order valence-electron chi connectivity index (χ3n) is 4.24. The number of nitrogens with zero attached hydrogens (tertiary/aromatic N) is 2. The van der Waals surface area contributed by atoms with Crippen LogP contribution in [0.4, 0.5) is 5.82 Å². The van der Waals surface area contributed by atoms with Crippen LogP contribution < -0.4 is 10.2 Å². The molecule has 1 aliphatic heterocycles. The molecule has 0 aromatic carbocycles. The predicted molar refractivity (Wildman–Crippen MR) is 86.0 cm³/mol. The van der Waals surface area contributed by atoms with E-state index in [-0.39, 0.29) is 0 Å². The van der Waals surface area contributed by atoms with Gasteiger partial charge in [-0.3, -0.25) is 0 Å². The molecule has 0 aliphatic carbocycles. The van der Waals surface area contributed by atoms with Crippen molar-refractivity contribution in [2.45, 2.75) is 65.6 Å². The summed E-state index contributed by atoms with van der Waals surface area (Å²) in [5.74, 6) is 1.88. The fraction of sp³-hybridized carbons (Fsp3) is 0.706. The molecule has 3 heteroatoms. The van der Waals surface area contributed by atoms with Gasteiger partial charge in [0, 0.05) is 30.4 Å². The van der Waals surface area contributed by atoms with Gasteiger partial charge in [-0.15, -0.1) is 0 Å². The molecule has 0 bridgehead atoms. The number of pyridine rings is 1. The van der Waals surface area contributed by atoms with Crippen molar-refractivity contribution in [2.24, 2.45) is 5.92 Å². The SMILES string of the molecule is CCC1CCC(C)N1c1ncccc1CNCC(C)C. The van der Waals surface area contributed by atoms with E-state index in [9.17, 15) is 0 Å². The first-order valence-corrected chi connectivity index (χ1v) is 8.06. The third kappa shape index (κ3) is 3.51. The fourth-order valence-corrected chi connectivity index (χ4v) is 3.15. The van der Waals surface area contributed by atoms with Crippen molar-refractivity contribution in [3.63, 3.8) is 0 Å². The molecule has 0 spiro atoms. The second-order valence-corrected chi connectivity index (χ2v) is 6.41. The minimum Gasteiger partial charge on any atom is -0.351 e. The largest absolute Gasteiger partial charge is 0.351 e. The average molecular weight is 275 g/mol. The van der Waals surface area contributed by atoms with Crippen LogP contribution in [0.25, 0.3) is 0 Å². The van der Waals surface area contributed by atoms with Gasteiger partial charge in [-0.25, -0.2) is 4.98 Å². The van der Waals surface area contributed by atoms with Gasteiger partial charge < -0.3 is 10.2 Å². The first kappa shape index (κ1) is 15.3. The van der Waals surface area contributed by atoms with Gasteiger partial charge in [0.15, 0.2) is 0 Å². The number of anilines is 1. The molecule has 1 aromatic rings. The molecular formula is C17H29N3. The minimum atomic E-state index is 0.610. The molecule has 0 amide bonds. The van der Waals surface area contributed by atoms with Crippen LogP contribution >= 0.6 is 0 Å². The lowest BCUT2D eigenvalue weighted by Gasteiger charge is -2.31. The molecule has 3 nitrogen and oxygen atoms in total. The Bertz CT molecular complexity index is 416. The highest BCUT2D eigenvalue weighted by Crippen LogP contribution is 2.32. The molecule has 20 heavy (non-hydrogen) atoms. The Morgan fingerprint density at radius 1 is 1.40 bits per heavy atom. The number of rotatable bonds is 6. The summed E-state index contributed by atoms with van der Waals surface area (Å²) in [5, 5.41) is 3.55. The van der Waals surface area contributed by atoms with Crippen molar-refractivity contribution in [3.8, 4) is 0 Å². The highest BCUT2D eigenvalue weighted by atomic mass is 15.3. The van der Waals surface area contributed by atoms with Gasteiger partial charge in [-0.2, -0.15) is 0 Å². The summed E-state index contributed by atoms with van der Waals surface area (Å²) in [4.78, 5) is 7.24. The summed E-state index contributed by atoms with van der Waals surface area (Å²) >= 11 is 0. The van der Waals surface area contributed by atoms with Gasteiger partial charge in [0.2, 0.25) is 0 Å². The summed E-state index contributed by atoms with van der Waals surface area (Å²) in [5.41, 5.74) is 1.33. The zero-order valence-electron chi connectivity index (χ0n) is 13.4. The van der Waals surface area contributed by atoms with Crippen LogP contribution in [0.2, 0.25) is 0 Å². The van der Waals surface area contributed by atoms with E-state index in [0.717, 1.165) is 13.1 Å². The molecule has 1 N–H and O–H groups in total. The van der Waals surface area contributed by atoms with E-state index in [1.165, 1.54) is 30.6 Å². The van der Waals surface area contributed by atoms with E-state index in [4.69, 9.17) is 4.98 Å². The van der Waals surface area contributed by atoms with Gasteiger partial charge in [-0.1, -0.05) is 26.8 Å². The van der Waals surface area contributed by atoms with Gasteiger partial charge in [0.1, 0.15) is 5.82 Å². The van der Waals surface area contributed by atoms with Crippen LogP contribution in [0.1, 0.15) is 52.5 Å². The van der Waals surface area contributed by atoms with Crippen molar-refractivity contribution >= 4 is 5.82 Å². The lowest BCUT2D eigenvalue weighted by molar-refractivity contribution is 0.548. The highest BCUT2D eigenvalue weighted by molar-refractivity contribution is 5.49. The van der Waals surface area contributed by atoms with E-state index < -0.39 is 0 Å². The Kier molecular flexibility index (Phi) is 5.41. The van der Waals surface area contributed by atoms with Gasteiger partial charge >= 0.3 is 0 Å². The van der Waals surface area contributed by atoms with Gasteiger partial charge in [-0.05, 0) is 44.7 Å². The lowest BCUT2D eigenvalue weighted by Crippen LogP contribution is -2.36. The molecular weight excluding hydrogens is 246 g/mol. The Morgan fingerprint density at radius 2 is 2.20 bits per heavy atom. The zero-order valence-corrected chi connectivity index (χ0v) is 13.4.